The molecule has 2 atom stereocenters. The molecule has 0 aliphatic heterocycles. The number of rotatable bonds is 7. The molecule has 0 spiro atoms. The molecule has 21 heavy (non-hydrogen) atoms. The standard InChI is InChI=1S/C13H17F4NO2.ClH/c1-2-5-9(19)11(18)8-6-3-4-7-10(8)20-13(16,17)12(14)15;/h3-4,6-7,9,11-12,19H,2,5,18H2,1H3;1H/t9-,11+;/m1./s1. The van der Waals surface area contributed by atoms with E-state index in [9.17, 15) is 22.7 Å². The van der Waals surface area contributed by atoms with Crippen molar-refractivity contribution in [1.29, 1.82) is 0 Å². The van der Waals surface area contributed by atoms with Gasteiger partial charge in [0.25, 0.3) is 0 Å². The smallest absolute Gasteiger partial charge is 0.428 e. The molecular formula is C13H18ClF4NO2. The van der Waals surface area contributed by atoms with Gasteiger partial charge >= 0.3 is 12.5 Å². The largest absolute Gasteiger partial charge is 0.461 e. The number of halogens is 5. The second-order valence-corrected chi connectivity index (χ2v) is 4.38. The summed E-state index contributed by atoms with van der Waals surface area (Å²) in [4.78, 5) is 0. The molecule has 0 amide bonds. The maximum Gasteiger partial charge on any atom is 0.461 e. The molecule has 0 unspecified atom stereocenters. The minimum Gasteiger partial charge on any atom is -0.428 e. The van der Waals surface area contributed by atoms with E-state index in [1.807, 2.05) is 6.92 Å². The average Bonchev–Trinajstić information content (AvgIpc) is 2.38. The van der Waals surface area contributed by atoms with Gasteiger partial charge in [0.05, 0.1) is 12.1 Å². The lowest BCUT2D eigenvalue weighted by Crippen LogP contribution is -2.35. The Hall–Kier alpha value is -1.05. The lowest BCUT2D eigenvalue weighted by molar-refractivity contribution is -0.253. The third kappa shape index (κ3) is 5.33. The predicted octanol–water partition coefficient (Wildman–Crippen LogP) is 3.51. The van der Waals surface area contributed by atoms with Crippen molar-refractivity contribution in [2.45, 2.75) is 44.4 Å². The molecule has 0 saturated carbocycles. The number of hydrogen-bond acceptors (Lipinski definition) is 3. The number of benzene rings is 1. The summed E-state index contributed by atoms with van der Waals surface area (Å²) in [6, 6.07) is 4.35. The molecule has 0 aliphatic rings. The SMILES string of the molecule is CCC[C@@H](O)[C@@H](N)c1ccccc1OC(F)(F)C(F)F.Cl. The van der Waals surface area contributed by atoms with Gasteiger partial charge in [-0.05, 0) is 12.5 Å². The Labute approximate surface area is 126 Å². The van der Waals surface area contributed by atoms with Crippen LogP contribution in [0.15, 0.2) is 24.3 Å². The second kappa shape index (κ2) is 8.41. The van der Waals surface area contributed by atoms with Crippen LogP contribution in [0.1, 0.15) is 31.4 Å². The fraction of sp³-hybridized carbons (Fsp3) is 0.538. The first-order chi connectivity index (χ1) is 9.29. The zero-order chi connectivity index (χ0) is 15.3. The number of hydrogen-bond donors (Lipinski definition) is 2. The molecule has 0 fully saturated rings. The van der Waals surface area contributed by atoms with Crippen LogP contribution in [-0.2, 0) is 0 Å². The Morgan fingerprint density at radius 1 is 1.29 bits per heavy atom. The minimum absolute atomic E-state index is 0. The predicted molar refractivity (Wildman–Crippen MR) is 73.1 cm³/mol. The summed E-state index contributed by atoms with van der Waals surface area (Å²) in [7, 11) is 0. The van der Waals surface area contributed by atoms with Crippen LogP contribution in [0, 0.1) is 0 Å². The van der Waals surface area contributed by atoms with Gasteiger partial charge in [-0.25, -0.2) is 0 Å². The van der Waals surface area contributed by atoms with E-state index in [4.69, 9.17) is 5.73 Å². The van der Waals surface area contributed by atoms with Crippen LogP contribution in [0.5, 0.6) is 5.75 Å². The summed E-state index contributed by atoms with van der Waals surface area (Å²) >= 11 is 0. The van der Waals surface area contributed by atoms with Crippen molar-refractivity contribution in [3.05, 3.63) is 29.8 Å². The molecule has 122 valence electrons. The van der Waals surface area contributed by atoms with Gasteiger partial charge in [-0.1, -0.05) is 31.5 Å². The van der Waals surface area contributed by atoms with E-state index in [0.717, 1.165) is 6.07 Å². The summed E-state index contributed by atoms with van der Waals surface area (Å²) in [5.74, 6) is -0.458. The number of alkyl halides is 4. The Morgan fingerprint density at radius 2 is 1.86 bits per heavy atom. The fourth-order valence-electron chi connectivity index (χ4n) is 1.72. The maximum absolute atomic E-state index is 12.9. The van der Waals surface area contributed by atoms with Crippen molar-refractivity contribution in [3.8, 4) is 5.75 Å². The van der Waals surface area contributed by atoms with E-state index in [2.05, 4.69) is 4.74 Å². The molecule has 0 saturated heterocycles. The van der Waals surface area contributed by atoms with Gasteiger partial charge in [-0.15, -0.1) is 12.4 Å². The molecule has 3 N–H and O–H groups in total. The molecule has 3 nitrogen and oxygen atoms in total. The summed E-state index contributed by atoms with van der Waals surface area (Å²) in [5, 5.41) is 9.79. The van der Waals surface area contributed by atoms with Crippen molar-refractivity contribution in [1.82, 2.24) is 0 Å². The normalized spacial score (nSPS) is 14.5. The first kappa shape index (κ1) is 19.9. The fourth-order valence-corrected chi connectivity index (χ4v) is 1.72. The Balaban J connectivity index is 0.00000400. The zero-order valence-electron chi connectivity index (χ0n) is 11.3. The summed E-state index contributed by atoms with van der Waals surface area (Å²) in [6.45, 7) is 1.82. The van der Waals surface area contributed by atoms with Gasteiger partial charge in [-0.3, -0.25) is 0 Å². The highest BCUT2D eigenvalue weighted by atomic mass is 35.5. The van der Waals surface area contributed by atoms with Crippen LogP contribution in [0.4, 0.5) is 17.6 Å². The van der Waals surface area contributed by atoms with Crippen LogP contribution >= 0.6 is 12.4 Å². The molecular weight excluding hydrogens is 314 g/mol. The number of nitrogens with two attached hydrogens (primary N) is 1. The first-order valence-corrected chi connectivity index (χ1v) is 6.17. The lowest BCUT2D eigenvalue weighted by Gasteiger charge is -2.24. The third-order valence-electron chi connectivity index (χ3n) is 2.78. The van der Waals surface area contributed by atoms with Crippen LogP contribution < -0.4 is 10.5 Å². The highest BCUT2D eigenvalue weighted by Gasteiger charge is 2.44. The van der Waals surface area contributed by atoms with E-state index in [-0.39, 0.29) is 18.0 Å². The second-order valence-electron chi connectivity index (χ2n) is 4.38. The molecule has 0 heterocycles. The number of aliphatic hydroxyl groups is 1. The lowest BCUT2D eigenvalue weighted by atomic mass is 9.98. The minimum atomic E-state index is -4.61. The Morgan fingerprint density at radius 3 is 2.38 bits per heavy atom. The quantitative estimate of drug-likeness (QED) is 0.752. The van der Waals surface area contributed by atoms with E-state index in [0.29, 0.717) is 12.8 Å². The Bertz CT molecular complexity index is 434. The van der Waals surface area contributed by atoms with Gasteiger partial charge in [0.15, 0.2) is 0 Å². The molecule has 1 aromatic rings. The first-order valence-electron chi connectivity index (χ1n) is 6.17. The van der Waals surface area contributed by atoms with E-state index >= 15 is 0 Å². The molecule has 1 rings (SSSR count). The van der Waals surface area contributed by atoms with E-state index < -0.39 is 30.4 Å². The summed E-state index contributed by atoms with van der Waals surface area (Å²) < 4.78 is 54.3. The van der Waals surface area contributed by atoms with Crippen LogP contribution in [0.25, 0.3) is 0 Å². The van der Waals surface area contributed by atoms with Crippen molar-refractivity contribution in [2.75, 3.05) is 0 Å². The van der Waals surface area contributed by atoms with E-state index in [1.54, 1.807) is 0 Å². The summed E-state index contributed by atoms with van der Waals surface area (Å²) in [5.41, 5.74) is 5.82. The maximum atomic E-state index is 12.9. The number of aliphatic hydroxyl groups excluding tert-OH is 1. The molecule has 0 radical (unpaired) electrons. The van der Waals surface area contributed by atoms with Crippen molar-refractivity contribution < 1.29 is 27.4 Å². The van der Waals surface area contributed by atoms with Crippen LogP contribution in [0.3, 0.4) is 0 Å². The molecule has 0 aromatic heterocycles. The third-order valence-corrected chi connectivity index (χ3v) is 2.78. The highest BCUT2D eigenvalue weighted by molar-refractivity contribution is 5.85. The molecule has 8 heteroatoms. The van der Waals surface area contributed by atoms with Gasteiger partial charge < -0.3 is 15.6 Å². The van der Waals surface area contributed by atoms with Crippen LogP contribution in [-0.4, -0.2) is 23.7 Å². The van der Waals surface area contributed by atoms with Gasteiger partial charge in [-0.2, -0.15) is 17.6 Å². The zero-order valence-corrected chi connectivity index (χ0v) is 12.1. The molecule has 1 aromatic carbocycles. The molecule has 0 aliphatic carbocycles. The number of para-hydroxylation sites is 1. The summed E-state index contributed by atoms with van der Waals surface area (Å²) in [6.07, 6.45) is -8.52. The van der Waals surface area contributed by atoms with Gasteiger partial charge in [0.1, 0.15) is 5.75 Å². The van der Waals surface area contributed by atoms with Crippen molar-refractivity contribution in [3.63, 3.8) is 0 Å². The van der Waals surface area contributed by atoms with Crippen LogP contribution in [0.2, 0.25) is 0 Å². The molecule has 0 bridgehead atoms. The average molecular weight is 332 g/mol. The Kier molecular flexibility index (Phi) is 7.99. The van der Waals surface area contributed by atoms with Gasteiger partial charge in [0.2, 0.25) is 0 Å². The van der Waals surface area contributed by atoms with Crippen molar-refractivity contribution in [2.24, 2.45) is 5.73 Å². The van der Waals surface area contributed by atoms with Gasteiger partial charge in [0, 0.05) is 5.56 Å². The van der Waals surface area contributed by atoms with E-state index in [1.165, 1.54) is 18.2 Å². The topological polar surface area (TPSA) is 55.5 Å². The number of ether oxygens (including phenoxy) is 1. The van der Waals surface area contributed by atoms with Crippen molar-refractivity contribution >= 4 is 12.4 Å². The monoisotopic (exact) mass is 331 g/mol. The highest BCUT2D eigenvalue weighted by Crippen LogP contribution is 2.33.